The van der Waals surface area contributed by atoms with Crippen molar-refractivity contribution in [1.29, 1.82) is 0 Å². The van der Waals surface area contributed by atoms with Gasteiger partial charge in [0.05, 0.1) is 12.0 Å². The molecule has 1 aliphatic heterocycles. The molecule has 9 nitrogen and oxygen atoms in total. The molecule has 1 saturated heterocycles. The fraction of sp³-hybridized carbons (Fsp3) is 0.381. The lowest BCUT2D eigenvalue weighted by molar-refractivity contribution is 0.0954. The van der Waals surface area contributed by atoms with Gasteiger partial charge in [-0.15, -0.1) is 0 Å². The number of aryl methyl sites for hydroxylation is 1. The number of amides is 1. The molecule has 3 rings (SSSR count). The van der Waals surface area contributed by atoms with E-state index in [1.165, 1.54) is 41.7 Å². The fourth-order valence-electron chi connectivity index (χ4n) is 3.35. The molecule has 0 spiro atoms. The zero-order valence-corrected chi connectivity index (χ0v) is 19.6. The van der Waals surface area contributed by atoms with Crippen molar-refractivity contribution in [1.82, 2.24) is 14.3 Å². The van der Waals surface area contributed by atoms with Gasteiger partial charge in [0.15, 0.2) is 0 Å². The molecule has 1 heterocycles. The molecule has 1 fully saturated rings. The highest BCUT2D eigenvalue weighted by atomic mass is 32.2. The minimum absolute atomic E-state index is 0.0168. The third kappa shape index (κ3) is 5.47. The van der Waals surface area contributed by atoms with Crippen LogP contribution in [-0.2, 0) is 20.0 Å². The van der Waals surface area contributed by atoms with E-state index < -0.39 is 26.0 Å². The molecule has 0 atom stereocenters. The molecule has 0 unspecified atom stereocenters. The quantitative estimate of drug-likeness (QED) is 0.524. The Hall–Kier alpha value is -2.47. The zero-order chi connectivity index (χ0) is 23.4. The Balaban J connectivity index is 1.64. The Bertz CT molecular complexity index is 1170. The Morgan fingerprint density at radius 2 is 1.66 bits per heavy atom. The average molecular weight is 482 g/mol. The predicted molar refractivity (Wildman–Crippen MR) is 120 cm³/mol. The SMILES string of the molecule is COc1ccc(C(=O)NCCNS(=O)(=O)c2ccc(C)cc2)cc1S(=O)(=O)N1CCCC1. The highest BCUT2D eigenvalue weighted by molar-refractivity contribution is 7.89. The normalized spacial score (nSPS) is 14.9. The van der Waals surface area contributed by atoms with Crippen LogP contribution in [0, 0.1) is 6.92 Å². The smallest absolute Gasteiger partial charge is 0.251 e. The molecule has 0 aliphatic carbocycles. The van der Waals surface area contributed by atoms with Gasteiger partial charge in [-0.05, 0) is 50.1 Å². The third-order valence-electron chi connectivity index (χ3n) is 5.14. The molecule has 2 N–H and O–H groups in total. The average Bonchev–Trinajstić information content (AvgIpc) is 3.32. The van der Waals surface area contributed by atoms with Gasteiger partial charge < -0.3 is 10.1 Å². The summed E-state index contributed by atoms with van der Waals surface area (Å²) in [5.74, 6) is -0.348. The molecule has 11 heteroatoms. The number of carbonyl (C=O) groups is 1. The van der Waals surface area contributed by atoms with E-state index in [2.05, 4.69) is 10.0 Å². The Labute approximate surface area is 188 Å². The van der Waals surface area contributed by atoms with Gasteiger partial charge in [0.1, 0.15) is 10.6 Å². The van der Waals surface area contributed by atoms with Crippen LogP contribution in [0.25, 0.3) is 0 Å². The summed E-state index contributed by atoms with van der Waals surface area (Å²) in [7, 11) is -6.09. The highest BCUT2D eigenvalue weighted by Gasteiger charge is 2.30. The second-order valence-corrected chi connectivity index (χ2v) is 11.1. The molecule has 2 aromatic carbocycles. The number of methoxy groups -OCH3 is 1. The van der Waals surface area contributed by atoms with Gasteiger partial charge in [-0.2, -0.15) is 4.31 Å². The topological polar surface area (TPSA) is 122 Å². The number of carbonyl (C=O) groups excluding carboxylic acids is 1. The summed E-state index contributed by atoms with van der Waals surface area (Å²) < 4.78 is 59.5. The van der Waals surface area contributed by atoms with Crippen molar-refractivity contribution < 1.29 is 26.4 Å². The van der Waals surface area contributed by atoms with Crippen LogP contribution in [0.4, 0.5) is 0 Å². The number of sulfonamides is 2. The van der Waals surface area contributed by atoms with E-state index in [9.17, 15) is 21.6 Å². The molecule has 0 saturated carbocycles. The Kier molecular flexibility index (Phi) is 7.55. The van der Waals surface area contributed by atoms with Gasteiger partial charge in [-0.25, -0.2) is 21.6 Å². The molecule has 0 aromatic heterocycles. The van der Waals surface area contributed by atoms with E-state index in [0.29, 0.717) is 13.1 Å². The third-order valence-corrected chi connectivity index (χ3v) is 8.54. The second-order valence-electron chi connectivity index (χ2n) is 7.44. The first kappa shape index (κ1) is 24.2. The van der Waals surface area contributed by atoms with Crippen molar-refractivity contribution in [3.8, 4) is 5.75 Å². The van der Waals surface area contributed by atoms with Crippen LogP contribution >= 0.6 is 0 Å². The van der Waals surface area contributed by atoms with Crippen molar-refractivity contribution >= 4 is 26.0 Å². The van der Waals surface area contributed by atoms with Crippen LogP contribution in [0.5, 0.6) is 5.75 Å². The van der Waals surface area contributed by atoms with Crippen LogP contribution in [0.1, 0.15) is 28.8 Å². The van der Waals surface area contributed by atoms with Crippen LogP contribution in [0.2, 0.25) is 0 Å². The van der Waals surface area contributed by atoms with E-state index in [1.807, 2.05) is 6.92 Å². The highest BCUT2D eigenvalue weighted by Crippen LogP contribution is 2.29. The van der Waals surface area contributed by atoms with Crippen LogP contribution in [0.15, 0.2) is 52.3 Å². The van der Waals surface area contributed by atoms with E-state index in [1.54, 1.807) is 12.1 Å². The van der Waals surface area contributed by atoms with E-state index >= 15 is 0 Å². The van der Waals surface area contributed by atoms with Crippen LogP contribution in [-0.4, -0.2) is 60.3 Å². The van der Waals surface area contributed by atoms with Crippen molar-refractivity contribution in [2.45, 2.75) is 29.6 Å². The number of nitrogens with zero attached hydrogens (tertiary/aromatic N) is 1. The first-order valence-corrected chi connectivity index (χ1v) is 13.1. The fourth-order valence-corrected chi connectivity index (χ4v) is 6.08. The maximum atomic E-state index is 13.0. The summed E-state index contributed by atoms with van der Waals surface area (Å²) in [6.07, 6.45) is 1.58. The Morgan fingerprint density at radius 3 is 2.28 bits per heavy atom. The maximum Gasteiger partial charge on any atom is 0.251 e. The van der Waals surface area contributed by atoms with Crippen LogP contribution < -0.4 is 14.8 Å². The summed E-state index contributed by atoms with van der Waals surface area (Å²) in [4.78, 5) is 12.6. The minimum atomic E-state index is -3.78. The molecule has 174 valence electrons. The lowest BCUT2D eigenvalue weighted by Gasteiger charge is -2.18. The van der Waals surface area contributed by atoms with Gasteiger partial charge in [0.25, 0.3) is 5.91 Å². The molecule has 1 amide bonds. The van der Waals surface area contributed by atoms with Gasteiger partial charge in [0, 0.05) is 31.7 Å². The van der Waals surface area contributed by atoms with E-state index in [0.717, 1.165) is 18.4 Å². The Morgan fingerprint density at radius 1 is 1.00 bits per heavy atom. The first-order chi connectivity index (χ1) is 15.1. The summed E-state index contributed by atoms with van der Waals surface area (Å²) in [5, 5.41) is 2.60. The summed E-state index contributed by atoms with van der Waals surface area (Å²) in [6, 6.07) is 10.6. The lowest BCUT2D eigenvalue weighted by Crippen LogP contribution is -2.35. The van der Waals surface area contributed by atoms with Crippen molar-refractivity contribution in [3.63, 3.8) is 0 Å². The summed E-state index contributed by atoms with van der Waals surface area (Å²) in [6.45, 7) is 2.74. The van der Waals surface area contributed by atoms with Crippen molar-refractivity contribution in [3.05, 3.63) is 53.6 Å². The monoisotopic (exact) mass is 481 g/mol. The van der Waals surface area contributed by atoms with Gasteiger partial charge in [0.2, 0.25) is 20.0 Å². The first-order valence-electron chi connectivity index (χ1n) is 10.2. The van der Waals surface area contributed by atoms with E-state index in [4.69, 9.17) is 4.74 Å². The van der Waals surface area contributed by atoms with Gasteiger partial charge in [-0.1, -0.05) is 17.7 Å². The molecule has 1 aliphatic rings. The van der Waals surface area contributed by atoms with Gasteiger partial charge in [-0.3, -0.25) is 4.79 Å². The maximum absolute atomic E-state index is 13.0. The number of ether oxygens (including phenoxy) is 1. The molecular formula is C21H27N3O6S2. The zero-order valence-electron chi connectivity index (χ0n) is 18.0. The molecular weight excluding hydrogens is 454 g/mol. The number of hydrogen-bond donors (Lipinski definition) is 2. The number of rotatable bonds is 9. The lowest BCUT2D eigenvalue weighted by atomic mass is 10.2. The van der Waals surface area contributed by atoms with E-state index in [-0.39, 0.29) is 34.2 Å². The predicted octanol–water partition coefficient (Wildman–Crippen LogP) is 1.50. The number of nitrogens with one attached hydrogen (secondary N) is 2. The largest absolute Gasteiger partial charge is 0.495 e. The summed E-state index contributed by atoms with van der Waals surface area (Å²) >= 11 is 0. The molecule has 0 radical (unpaired) electrons. The second kappa shape index (κ2) is 9.99. The standard InChI is InChI=1S/C21H27N3O6S2/c1-16-5-8-18(9-6-16)31(26,27)23-12-11-22-21(25)17-7-10-19(30-2)20(15-17)32(28,29)24-13-3-4-14-24/h5-10,15,23H,3-4,11-14H2,1-2H3,(H,22,25). The number of hydrogen-bond acceptors (Lipinski definition) is 6. The number of benzene rings is 2. The van der Waals surface area contributed by atoms with Crippen molar-refractivity contribution in [2.75, 3.05) is 33.3 Å². The molecule has 2 aromatic rings. The molecule has 0 bridgehead atoms. The summed E-state index contributed by atoms with van der Waals surface area (Å²) in [5.41, 5.74) is 1.09. The van der Waals surface area contributed by atoms with Crippen molar-refractivity contribution in [2.24, 2.45) is 0 Å². The molecule has 32 heavy (non-hydrogen) atoms. The van der Waals surface area contributed by atoms with Gasteiger partial charge >= 0.3 is 0 Å². The minimum Gasteiger partial charge on any atom is -0.495 e. The van der Waals surface area contributed by atoms with Crippen LogP contribution in [0.3, 0.4) is 0 Å².